The molecule has 15 heavy (non-hydrogen) atoms. The van der Waals surface area contributed by atoms with Gasteiger partial charge in [-0.15, -0.1) is 0 Å². The monoisotopic (exact) mass is 202 g/mol. The zero-order chi connectivity index (χ0) is 10.1. The molecule has 2 aliphatic rings. The van der Waals surface area contributed by atoms with Crippen molar-refractivity contribution in [2.24, 2.45) is 0 Å². The van der Waals surface area contributed by atoms with E-state index in [-0.39, 0.29) is 0 Å². The minimum absolute atomic E-state index is 0.773. The summed E-state index contributed by atoms with van der Waals surface area (Å²) in [5, 5.41) is 3.49. The molecule has 0 spiro atoms. The molecule has 0 aliphatic carbocycles. The first-order valence-electron chi connectivity index (χ1n) is 5.95. The molecule has 1 aromatic rings. The van der Waals surface area contributed by atoms with Gasteiger partial charge in [-0.05, 0) is 30.5 Å². The Morgan fingerprint density at radius 2 is 2.00 bits per heavy atom. The maximum atomic E-state index is 3.49. The third-order valence-electron chi connectivity index (χ3n) is 3.69. The topological polar surface area (TPSA) is 15.3 Å². The van der Waals surface area contributed by atoms with E-state index in [4.69, 9.17) is 0 Å². The summed E-state index contributed by atoms with van der Waals surface area (Å²) in [5.41, 5.74) is 3.11. The van der Waals surface area contributed by atoms with Gasteiger partial charge in [0.25, 0.3) is 0 Å². The van der Waals surface area contributed by atoms with Crippen LogP contribution in [0.4, 0.5) is 0 Å². The van der Waals surface area contributed by atoms with E-state index in [1.165, 1.54) is 31.5 Å². The molecule has 0 radical (unpaired) electrons. The molecule has 1 saturated heterocycles. The molecule has 0 bridgehead atoms. The lowest BCUT2D eigenvalue weighted by molar-refractivity contribution is 0.181. The largest absolute Gasteiger partial charge is 0.315 e. The van der Waals surface area contributed by atoms with Gasteiger partial charge >= 0.3 is 0 Å². The molecule has 1 aromatic carbocycles. The summed E-state index contributed by atoms with van der Waals surface area (Å²) in [5.74, 6) is 0. The molecule has 80 valence electrons. The van der Waals surface area contributed by atoms with Gasteiger partial charge in [0.1, 0.15) is 0 Å². The number of fused-ring (bicyclic) bond motifs is 2. The summed E-state index contributed by atoms with van der Waals surface area (Å²) >= 11 is 0. The highest BCUT2D eigenvalue weighted by Gasteiger charge is 2.26. The normalized spacial score (nSPS) is 26.5. The van der Waals surface area contributed by atoms with Crippen LogP contribution in [0.25, 0.3) is 0 Å². The molecule has 2 aliphatic heterocycles. The van der Waals surface area contributed by atoms with Crippen LogP contribution < -0.4 is 5.32 Å². The molecule has 1 N–H and O–H groups in total. The summed E-state index contributed by atoms with van der Waals surface area (Å²) in [4.78, 5) is 2.64. The van der Waals surface area contributed by atoms with Crippen molar-refractivity contribution in [1.82, 2.24) is 10.2 Å². The van der Waals surface area contributed by atoms with Crippen LogP contribution in [-0.2, 0) is 13.0 Å². The summed E-state index contributed by atoms with van der Waals surface area (Å²) in [7, 11) is 0. The Bertz CT molecular complexity index is 315. The molecule has 2 nitrogen and oxygen atoms in total. The van der Waals surface area contributed by atoms with Gasteiger partial charge in [0, 0.05) is 25.7 Å². The zero-order valence-electron chi connectivity index (χ0n) is 9.08. The molecule has 0 amide bonds. The molecular formula is C13H18N2. The van der Waals surface area contributed by atoms with Crippen LogP contribution in [0.5, 0.6) is 0 Å². The fraction of sp³-hybridized carbons (Fsp3) is 0.538. The maximum Gasteiger partial charge on any atom is 0.0240 e. The quantitative estimate of drug-likeness (QED) is 0.684. The molecule has 3 rings (SSSR count). The highest BCUT2D eigenvalue weighted by atomic mass is 15.2. The highest BCUT2D eigenvalue weighted by Crippen LogP contribution is 2.24. The maximum absolute atomic E-state index is 3.49. The Labute approximate surface area is 91.3 Å². The predicted octanol–water partition coefficient (Wildman–Crippen LogP) is 1.41. The van der Waals surface area contributed by atoms with E-state index < -0.39 is 0 Å². The minimum Gasteiger partial charge on any atom is -0.315 e. The number of hydrogen-bond donors (Lipinski definition) is 1. The van der Waals surface area contributed by atoms with Gasteiger partial charge in [0.05, 0.1) is 0 Å². The Morgan fingerprint density at radius 3 is 2.93 bits per heavy atom. The number of nitrogens with one attached hydrogen (secondary N) is 1. The first kappa shape index (κ1) is 9.37. The van der Waals surface area contributed by atoms with E-state index in [1.54, 1.807) is 5.56 Å². The van der Waals surface area contributed by atoms with Crippen molar-refractivity contribution in [3.8, 4) is 0 Å². The highest BCUT2D eigenvalue weighted by molar-refractivity contribution is 5.30. The van der Waals surface area contributed by atoms with Crippen LogP contribution >= 0.6 is 0 Å². The molecule has 2 heteroatoms. The van der Waals surface area contributed by atoms with E-state index in [9.17, 15) is 0 Å². The second kappa shape index (κ2) is 3.95. The minimum atomic E-state index is 0.773. The Balaban J connectivity index is 1.87. The number of rotatable bonds is 0. The lowest BCUT2D eigenvalue weighted by atomic mass is 9.93. The van der Waals surface area contributed by atoms with Crippen molar-refractivity contribution in [2.75, 3.05) is 19.6 Å². The van der Waals surface area contributed by atoms with Crippen molar-refractivity contribution in [2.45, 2.75) is 25.4 Å². The lowest BCUT2D eigenvalue weighted by Gasteiger charge is -2.35. The fourth-order valence-electron chi connectivity index (χ4n) is 2.80. The van der Waals surface area contributed by atoms with E-state index in [0.717, 1.165) is 19.1 Å². The standard InChI is InChI=1S/C13H18N2/c1-2-4-12-10-15-8-7-14-6-5-13(15)9-11(12)3-1/h1-4,13-14H,5-10H2. The average Bonchev–Trinajstić information content (AvgIpc) is 2.50. The molecular weight excluding hydrogens is 184 g/mol. The van der Waals surface area contributed by atoms with E-state index in [1.807, 2.05) is 0 Å². The number of benzene rings is 1. The van der Waals surface area contributed by atoms with Gasteiger partial charge in [0.15, 0.2) is 0 Å². The smallest absolute Gasteiger partial charge is 0.0240 e. The van der Waals surface area contributed by atoms with Gasteiger partial charge in [-0.2, -0.15) is 0 Å². The van der Waals surface area contributed by atoms with Crippen LogP contribution in [0.2, 0.25) is 0 Å². The van der Waals surface area contributed by atoms with Crippen molar-refractivity contribution >= 4 is 0 Å². The summed E-state index contributed by atoms with van der Waals surface area (Å²) < 4.78 is 0. The molecule has 1 unspecified atom stereocenters. The molecule has 2 heterocycles. The van der Waals surface area contributed by atoms with Gasteiger partial charge < -0.3 is 5.32 Å². The molecule has 1 atom stereocenters. The molecule has 1 fully saturated rings. The second-order valence-electron chi connectivity index (χ2n) is 4.64. The van der Waals surface area contributed by atoms with Gasteiger partial charge in [-0.25, -0.2) is 0 Å². The lowest BCUT2D eigenvalue weighted by Crippen LogP contribution is -2.40. The molecule has 0 aromatic heterocycles. The number of nitrogens with zero attached hydrogens (tertiary/aromatic N) is 1. The average molecular weight is 202 g/mol. The van der Waals surface area contributed by atoms with Gasteiger partial charge in [-0.1, -0.05) is 24.3 Å². The first-order valence-corrected chi connectivity index (χ1v) is 5.95. The van der Waals surface area contributed by atoms with Crippen LogP contribution in [0, 0.1) is 0 Å². The predicted molar refractivity (Wildman–Crippen MR) is 61.8 cm³/mol. The third kappa shape index (κ3) is 1.80. The summed E-state index contributed by atoms with van der Waals surface area (Å²) in [6.45, 7) is 4.70. The van der Waals surface area contributed by atoms with E-state index >= 15 is 0 Å². The van der Waals surface area contributed by atoms with Gasteiger partial charge in [-0.3, -0.25) is 4.90 Å². The van der Waals surface area contributed by atoms with Crippen molar-refractivity contribution in [3.05, 3.63) is 35.4 Å². The Kier molecular flexibility index (Phi) is 2.47. The van der Waals surface area contributed by atoms with E-state index in [0.29, 0.717) is 0 Å². The van der Waals surface area contributed by atoms with Crippen molar-refractivity contribution in [3.63, 3.8) is 0 Å². The second-order valence-corrected chi connectivity index (χ2v) is 4.64. The SMILES string of the molecule is c1ccc2c(c1)CC1CCNCCN1C2. The van der Waals surface area contributed by atoms with E-state index in [2.05, 4.69) is 34.5 Å². The van der Waals surface area contributed by atoms with Crippen molar-refractivity contribution < 1.29 is 0 Å². The number of hydrogen-bond acceptors (Lipinski definition) is 2. The third-order valence-corrected chi connectivity index (χ3v) is 3.69. The van der Waals surface area contributed by atoms with Crippen LogP contribution in [0.15, 0.2) is 24.3 Å². The summed E-state index contributed by atoms with van der Waals surface area (Å²) in [6, 6.07) is 9.68. The first-order chi connectivity index (χ1) is 7.43. The van der Waals surface area contributed by atoms with Crippen LogP contribution in [-0.4, -0.2) is 30.6 Å². The van der Waals surface area contributed by atoms with Crippen LogP contribution in [0.1, 0.15) is 17.5 Å². The Morgan fingerprint density at radius 1 is 1.13 bits per heavy atom. The fourth-order valence-corrected chi connectivity index (χ4v) is 2.80. The molecule has 0 saturated carbocycles. The van der Waals surface area contributed by atoms with Crippen molar-refractivity contribution in [1.29, 1.82) is 0 Å². The van der Waals surface area contributed by atoms with Gasteiger partial charge in [0.2, 0.25) is 0 Å². The summed E-state index contributed by atoms with van der Waals surface area (Å²) in [6.07, 6.45) is 2.55. The zero-order valence-corrected chi connectivity index (χ0v) is 9.08. The van der Waals surface area contributed by atoms with Crippen LogP contribution in [0.3, 0.4) is 0 Å². The Hall–Kier alpha value is -0.860.